The lowest BCUT2D eigenvalue weighted by molar-refractivity contribution is 0.0781. The molecule has 0 bridgehead atoms. The van der Waals surface area contributed by atoms with Gasteiger partial charge in [0.15, 0.2) is 11.5 Å². The van der Waals surface area contributed by atoms with Gasteiger partial charge in [0.1, 0.15) is 6.67 Å². The second-order valence-electron chi connectivity index (χ2n) is 4.06. The average Bonchev–Trinajstić information content (AvgIpc) is 2.25. The van der Waals surface area contributed by atoms with Crippen LogP contribution in [0.2, 0.25) is 0 Å². The van der Waals surface area contributed by atoms with Gasteiger partial charge in [-0.05, 0) is 31.5 Å². The van der Waals surface area contributed by atoms with Crippen molar-refractivity contribution in [1.82, 2.24) is 0 Å². The number of hydrogen-bond acceptors (Lipinski definition) is 3. The Hall–Kier alpha value is -1.29. The summed E-state index contributed by atoms with van der Waals surface area (Å²) in [5.74, 6) is 0.799. The first-order chi connectivity index (χ1) is 7.43. The van der Waals surface area contributed by atoms with E-state index in [1.54, 1.807) is 26.0 Å². The molecule has 0 aliphatic carbocycles. The number of halogens is 1. The molecular formula is C12H17FO3. The zero-order valence-corrected chi connectivity index (χ0v) is 10.0. The van der Waals surface area contributed by atoms with E-state index >= 15 is 0 Å². The van der Waals surface area contributed by atoms with E-state index in [9.17, 15) is 9.50 Å². The van der Waals surface area contributed by atoms with Crippen molar-refractivity contribution in [3.63, 3.8) is 0 Å². The maximum Gasteiger partial charge on any atom is 0.166 e. The lowest BCUT2D eigenvalue weighted by atomic mass is 9.96. The van der Waals surface area contributed by atoms with E-state index < -0.39 is 12.3 Å². The Morgan fingerprint density at radius 1 is 1.25 bits per heavy atom. The van der Waals surface area contributed by atoms with E-state index in [2.05, 4.69) is 0 Å². The largest absolute Gasteiger partial charge is 0.493 e. The van der Waals surface area contributed by atoms with Crippen molar-refractivity contribution in [2.45, 2.75) is 26.1 Å². The van der Waals surface area contributed by atoms with Gasteiger partial charge in [-0.25, -0.2) is 4.39 Å². The molecule has 0 amide bonds. The first kappa shape index (κ1) is 12.8. The number of benzene rings is 1. The SMILES string of the molecule is COc1cc(C(C)(C)O)cc(CF)c1OC. The minimum absolute atomic E-state index is 0.373. The minimum atomic E-state index is -1.04. The molecule has 16 heavy (non-hydrogen) atoms. The normalized spacial score (nSPS) is 11.4. The maximum absolute atomic E-state index is 12.8. The molecule has 0 saturated heterocycles. The topological polar surface area (TPSA) is 38.7 Å². The molecule has 0 saturated carbocycles. The van der Waals surface area contributed by atoms with E-state index in [4.69, 9.17) is 9.47 Å². The highest BCUT2D eigenvalue weighted by Gasteiger charge is 2.21. The van der Waals surface area contributed by atoms with Crippen molar-refractivity contribution in [3.05, 3.63) is 23.3 Å². The molecule has 1 N–H and O–H groups in total. The summed E-state index contributed by atoms with van der Waals surface area (Å²) in [7, 11) is 2.94. The van der Waals surface area contributed by atoms with Crippen LogP contribution in [0, 0.1) is 0 Å². The maximum atomic E-state index is 12.8. The fourth-order valence-corrected chi connectivity index (χ4v) is 1.50. The summed E-state index contributed by atoms with van der Waals surface area (Å²) in [4.78, 5) is 0. The van der Waals surface area contributed by atoms with Gasteiger partial charge in [-0.15, -0.1) is 0 Å². The zero-order chi connectivity index (χ0) is 12.3. The molecule has 0 aromatic heterocycles. The second-order valence-corrected chi connectivity index (χ2v) is 4.06. The summed E-state index contributed by atoms with van der Waals surface area (Å²) >= 11 is 0. The molecule has 0 unspecified atom stereocenters. The first-order valence-electron chi connectivity index (χ1n) is 4.97. The third-order valence-electron chi connectivity index (χ3n) is 2.41. The predicted molar refractivity (Wildman–Crippen MR) is 59.6 cm³/mol. The Bertz CT molecular complexity index is 344. The lowest BCUT2D eigenvalue weighted by Gasteiger charge is -2.21. The van der Waals surface area contributed by atoms with Gasteiger partial charge in [-0.2, -0.15) is 0 Å². The van der Waals surface area contributed by atoms with Crippen LogP contribution in [-0.2, 0) is 12.3 Å². The molecular weight excluding hydrogens is 211 g/mol. The van der Waals surface area contributed by atoms with Crippen LogP contribution < -0.4 is 9.47 Å². The Morgan fingerprint density at radius 2 is 1.88 bits per heavy atom. The third kappa shape index (κ3) is 2.44. The van der Waals surface area contributed by atoms with Crippen molar-refractivity contribution in [2.24, 2.45) is 0 Å². The molecule has 4 heteroatoms. The van der Waals surface area contributed by atoms with Gasteiger partial charge in [0.05, 0.1) is 19.8 Å². The molecule has 0 spiro atoms. The molecule has 1 aromatic carbocycles. The average molecular weight is 228 g/mol. The standard InChI is InChI=1S/C12H17FO3/c1-12(2,14)9-5-8(7-13)11(16-4)10(6-9)15-3/h5-6,14H,7H2,1-4H3. The highest BCUT2D eigenvalue weighted by atomic mass is 19.1. The van der Waals surface area contributed by atoms with E-state index in [-0.39, 0.29) is 0 Å². The molecule has 90 valence electrons. The van der Waals surface area contributed by atoms with Gasteiger partial charge >= 0.3 is 0 Å². The quantitative estimate of drug-likeness (QED) is 0.860. The van der Waals surface area contributed by atoms with Gasteiger partial charge in [-0.3, -0.25) is 0 Å². The predicted octanol–water partition coefficient (Wildman–Crippen LogP) is 2.40. The second kappa shape index (κ2) is 4.70. The van der Waals surface area contributed by atoms with Gasteiger partial charge in [0, 0.05) is 5.56 Å². The van der Waals surface area contributed by atoms with Crippen LogP contribution in [0.25, 0.3) is 0 Å². The van der Waals surface area contributed by atoms with Gasteiger partial charge < -0.3 is 14.6 Å². The van der Waals surface area contributed by atoms with Gasteiger partial charge in [0.25, 0.3) is 0 Å². The van der Waals surface area contributed by atoms with Crippen LogP contribution in [0.4, 0.5) is 4.39 Å². The molecule has 0 fully saturated rings. The molecule has 0 radical (unpaired) electrons. The summed E-state index contributed by atoms with van der Waals surface area (Å²) in [6.07, 6.45) is 0. The molecule has 0 atom stereocenters. The van der Waals surface area contributed by atoms with E-state index in [1.807, 2.05) is 0 Å². The summed E-state index contributed by atoms with van der Waals surface area (Å²) in [6.45, 7) is 2.61. The smallest absolute Gasteiger partial charge is 0.166 e. The Morgan fingerprint density at radius 3 is 2.25 bits per heavy atom. The van der Waals surface area contributed by atoms with Crippen molar-refractivity contribution in [3.8, 4) is 11.5 Å². The van der Waals surface area contributed by atoms with Crippen molar-refractivity contribution < 1.29 is 19.0 Å². The lowest BCUT2D eigenvalue weighted by Crippen LogP contribution is -2.16. The van der Waals surface area contributed by atoms with Crippen LogP contribution in [0.15, 0.2) is 12.1 Å². The molecule has 3 nitrogen and oxygen atoms in total. The molecule has 0 heterocycles. The number of methoxy groups -OCH3 is 2. The van der Waals surface area contributed by atoms with Crippen LogP contribution >= 0.6 is 0 Å². The molecule has 0 aliphatic heterocycles. The first-order valence-corrected chi connectivity index (χ1v) is 4.97. The Balaban J connectivity index is 3.37. The van der Waals surface area contributed by atoms with Crippen LogP contribution in [0.3, 0.4) is 0 Å². The third-order valence-corrected chi connectivity index (χ3v) is 2.41. The molecule has 1 rings (SSSR count). The summed E-state index contributed by atoms with van der Waals surface area (Å²) in [6, 6.07) is 3.24. The molecule has 0 aliphatic rings. The number of hydrogen-bond donors (Lipinski definition) is 1. The zero-order valence-electron chi connectivity index (χ0n) is 10.0. The van der Waals surface area contributed by atoms with E-state index in [0.717, 1.165) is 0 Å². The fourth-order valence-electron chi connectivity index (χ4n) is 1.50. The van der Waals surface area contributed by atoms with Gasteiger partial charge in [0.2, 0.25) is 0 Å². The summed E-state index contributed by atoms with van der Waals surface area (Å²) < 4.78 is 23.0. The van der Waals surface area contributed by atoms with Crippen LogP contribution in [-0.4, -0.2) is 19.3 Å². The minimum Gasteiger partial charge on any atom is -0.493 e. The van der Waals surface area contributed by atoms with Crippen molar-refractivity contribution >= 4 is 0 Å². The highest BCUT2D eigenvalue weighted by molar-refractivity contribution is 5.50. The summed E-state index contributed by atoms with van der Waals surface area (Å²) in [5, 5.41) is 9.87. The number of rotatable bonds is 4. The van der Waals surface area contributed by atoms with E-state index in [1.165, 1.54) is 14.2 Å². The number of ether oxygens (including phenoxy) is 2. The fraction of sp³-hybridized carbons (Fsp3) is 0.500. The highest BCUT2D eigenvalue weighted by Crippen LogP contribution is 2.36. The van der Waals surface area contributed by atoms with Crippen LogP contribution in [0.1, 0.15) is 25.0 Å². The van der Waals surface area contributed by atoms with E-state index in [0.29, 0.717) is 22.6 Å². The summed E-state index contributed by atoms with van der Waals surface area (Å²) in [5.41, 5.74) is -0.0690. The van der Waals surface area contributed by atoms with Crippen molar-refractivity contribution in [2.75, 3.05) is 14.2 Å². The van der Waals surface area contributed by atoms with Crippen LogP contribution in [0.5, 0.6) is 11.5 Å². The Kier molecular flexibility index (Phi) is 3.75. The van der Waals surface area contributed by atoms with Gasteiger partial charge in [-0.1, -0.05) is 0 Å². The molecule has 1 aromatic rings. The van der Waals surface area contributed by atoms with Crippen molar-refractivity contribution in [1.29, 1.82) is 0 Å². The Labute approximate surface area is 94.8 Å². The monoisotopic (exact) mass is 228 g/mol. The number of aliphatic hydroxyl groups is 1. The number of alkyl halides is 1.